The minimum absolute atomic E-state index is 0.102. The number of anilines is 1. The number of carbonyl (C=O) groups excluding carboxylic acids is 1. The van der Waals surface area contributed by atoms with Crippen molar-refractivity contribution in [1.29, 1.82) is 0 Å². The summed E-state index contributed by atoms with van der Waals surface area (Å²) in [6.45, 7) is 1.92. The maximum absolute atomic E-state index is 11.9. The Balaban J connectivity index is 2.31. The number of pyridine rings is 1. The van der Waals surface area contributed by atoms with Crippen LogP contribution < -0.4 is 10.6 Å². The zero-order valence-corrected chi connectivity index (χ0v) is 11.1. The van der Waals surface area contributed by atoms with Gasteiger partial charge in [0.1, 0.15) is 10.7 Å². The molecule has 96 valence electrons. The van der Waals surface area contributed by atoms with Gasteiger partial charge in [-0.1, -0.05) is 12.2 Å². The third-order valence-electron chi connectivity index (χ3n) is 3.03. The van der Waals surface area contributed by atoms with Gasteiger partial charge in [0.2, 0.25) is 5.91 Å². The van der Waals surface area contributed by atoms with Crippen LogP contribution in [0, 0.1) is 0 Å². The van der Waals surface area contributed by atoms with Gasteiger partial charge in [-0.3, -0.25) is 9.78 Å². The molecule has 2 rings (SSSR count). The van der Waals surface area contributed by atoms with Crippen LogP contribution in [0.3, 0.4) is 0 Å². The Hall–Kier alpha value is -1.69. The highest BCUT2D eigenvalue weighted by atomic mass is 32.1. The molecule has 1 fully saturated rings. The fraction of sp³-hybridized carbons (Fsp3) is 0.417. The Morgan fingerprint density at radius 3 is 3.00 bits per heavy atom. The molecule has 0 atom stereocenters. The number of thiocarbonyl (C=S) groups is 1. The van der Waals surface area contributed by atoms with E-state index in [-0.39, 0.29) is 10.9 Å². The number of nitrogens with two attached hydrogens (primary N) is 1. The molecule has 5 nitrogen and oxygen atoms in total. The Morgan fingerprint density at radius 1 is 1.50 bits per heavy atom. The minimum Gasteiger partial charge on any atom is -0.388 e. The van der Waals surface area contributed by atoms with Crippen molar-refractivity contribution in [2.75, 3.05) is 31.6 Å². The lowest BCUT2D eigenvalue weighted by molar-refractivity contribution is -0.127. The number of hydrogen-bond acceptors (Lipinski definition) is 4. The first-order valence-electron chi connectivity index (χ1n) is 5.83. The van der Waals surface area contributed by atoms with E-state index >= 15 is 0 Å². The first kappa shape index (κ1) is 12.8. The highest BCUT2D eigenvalue weighted by molar-refractivity contribution is 7.80. The summed E-state index contributed by atoms with van der Waals surface area (Å²) < 4.78 is 0. The number of aromatic nitrogens is 1. The zero-order chi connectivity index (χ0) is 13.1. The van der Waals surface area contributed by atoms with Gasteiger partial charge in [-0.05, 0) is 18.6 Å². The van der Waals surface area contributed by atoms with E-state index in [1.54, 1.807) is 11.1 Å². The van der Waals surface area contributed by atoms with Gasteiger partial charge in [0, 0.05) is 26.3 Å². The molecule has 1 aliphatic rings. The summed E-state index contributed by atoms with van der Waals surface area (Å²) in [6, 6.07) is 3.73. The monoisotopic (exact) mass is 264 g/mol. The molecule has 1 aromatic heterocycles. The van der Waals surface area contributed by atoms with Gasteiger partial charge in [0.15, 0.2) is 0 Å². The normalized spacial score (nSPS) is 16.6. The van der Waals surface area contributed by atoms with Crippen LogP contribution in [0.25, 0.3) is 0 Å². The average molecular weight is 264 g/mol. The van der Waals surface area contributed by atoms with Crippen molar-refractivity contribution in [3.8, 4) is 0 Å². The molecule has 0 saturated carbocycles. The van der Waals surface area contributed by atoms with Crippen LogP contribution in [-0.4, -0.2) is 47.5 Å². The van der Waals surface area contributed by atoms with Crippen molar-refractivity contribution in [1.82, 2.24) is 9.88 Å². The molecular formula is C12H16N4OS. The smallest absolute Gasteiger partial charge is 0.241 e. The number of rotatable bonds is 2. The molecule has 1 aliphatic heterocycles. The minimum atomic E-state index is 0.102. The Morgan fingerprint density at radius 2 is 2.28 bits per heavy atom. The summed E-state index contributed by atoms with van der Waals surface area (Å²) in [5.74, 6) is 0.102. The van der Waals surface area contributed by atoms with E-state index < -0.39 is 0 Å². The average Bonchev–Trinajstić information content (AvgIpc) is 2.52. The van der Waals surface area contributed by atoms with Crippen molar-refractivity contribution in [3.63, 3.8) is 0 Å². The second-order valence-electron chi connectivity index (χ2n) is 4.33. The number of carbonyl (C=O) groups is 1. The van der Waals surface area contributed by atoms with Crippen LogP contribution >= 0.6 is 12.2 Å². The van der Waals surface area contributed by atoms with E-state index in [2.05, 4.69) is 4.98 Å². The van der Waals surface area contributed by atoms with Gasteiger partial charge in [-0.15, -0.1) is 0 Å². The second kappa shape index (κ2) is 5.30. The third-order valence-corrected chi connectivity index (χ3v) is 3.23. The van der Waals surface area contributed by atoms with Crippen molar-refractivity contribution in [2.45, 2.75) is 6.42 Å². The van der Waals surface area contributed by atoms with Gasteiger partial charge in [0.05, 0.1) is 12.2 Å². The maximum atomic E-state index is 11.9. The van der Waals surface area contributed by atoms with Crippen molar-refractivity contribution >= 4 is 28.8 Å². The lowest BCUT2D eigenvalue weighted by atomic mass is 10.2. The van der Waals surface area contributed by atoms with Crippen molar-refractivity contribution < 1.29 is 4.79 Å². The predicted octanol–water partition coefficient (Wildman–Crippen LogP) is 0.384. The molecule has 0 spiro atoms. The van der Waals surface area contributed by atoms with Crippen LogP contribution in [0.5, 0.6) is 0 Å². The topological polar surface area (TPSA) is 62.5 Å². The zero-order valence-electron chi connectivity index (χ0n) is 10.3. The Labute approximate surface area is 112 Å². The molecule has 2 N–H and O–H groups in total. The van der Waals surface area contributed by atoms with Crippen molar-refractivity contribution in [2.24, 2.45) is 5.73 Å². The molecule has 1 amide bonds. The summed E-state index contributed by atoms with van der Waals surface area (Å²) >= 11 is 5.00. The van der Waals surface area contributed by atoms with Crippen molar-refractivity contribution in [3.05, 3.63) is 24.0 Å². The van der Waals surface area contributed by atoms with Crippen LogP contribution in [0.4, 0.5) is 5.69 Å². The van der Waals surface area contributed by atoms with Gasteiger partial charge >= 0.3 is 0 Å². The van der Waals surface area contributed by atoms with E-state index in [0.29, 0.717) is 12.2 Å². The third kappa shape index (κ3) is 2.59. The summed E-state index contributed by atoms with van der Waals surface area (Å²) in [6.07, 6.45) is 2.58. The molecule has 1 saturated heterocycles. The van der Waals surface area contributed by atoms with E-state index in [9.17, 15) is 4.79 Å². The summed E-state index contributed by atoms with van der Waals surface area (Å²) in [5.41, 5.74) is 7.10. The van der Waals surface area contributed by atoms with E-state index in [0.717, 1.165) is 25.2 Å². The molecular weight excluding hydrogens is 248 g/mol. The summed E-state index contributed by atoms with van der Waals surface area (Å²) in [5, 5.41) is 0. The summed E-state index contributed by atoms with van der Waals surface area (Å²) in [4.78, 5) is 20.1. The number of amides is 1. The quantitative estimate of drug-likeness (QED) is 0.783. The van der Waals surface area contributed by atoms with E-state index in [1.165, 1.54) is 0 Å². The largest absolute Gasteiger partial charge is 0.388 e. The van der Waals surface area contributed by atoms with Crippen LogP contribution in [0.1, 0.15) is 12.1 Å². The van der Waals surface area contributed by atoms with E-state index in [1.807, 2.05) is 24.1 Å². The van der Waals surface area contributed by atoms with Gasteiger partial charge in [-0.25, -0.2) is 0 Å². The lowest BCUT2D eigenvalue weighted by Gasteiger charge is -2.23. The fourth-order valence-electron chi connectivity index (χ4n) is 2.03. The Kier molecular flexibility index (Phi) is 3.76. The number of hydrogen-bond donors (Lipinski definition) is 1. The van der Waals surface area contributed by atoms with Gasteiger partial charge in [-0.2, -0.15) is 0 Å². The molecule has 0 aromatic carbocycles. The highest BCUT2D eigenvalue weighted by Gasteiger charge is 2.21. The predicted molar refractivity (Wildman–Crippen MR) is 74.6 cm³/mol. The molecule has 6 heteroatoms. The lowest BCUT2D eigenvalue weighted by Crippen LogP contribution is -2.35. The first-order valence-corrected chi connectivity index (χ1v) is 6.24. The van der Waals surface area contributed by atoms with Crippen LogP contribution in [0.15, 0.2) is 18.3 Å². The standard InChI is InChI=1S/C12H16N4OS/c1-15-6-3-7-16(8-10(15)17)9-4-2-5-14-11(9)12(13)18/h2,4-5H,3,6-8H2,1H3,(H2,13,18). The first-order chi connectivity index (χ1) is 8.59. The molecule has 2 heterocycles. The summed E-state index contributed by atoms with van der Waals surface area (Å²) in [7, 11) is 1.82. The molecule has 0 radical (unpaired) electrons. The van der Waals surface area contributed by atoms with Crippen LogP contribution in [-0.2, 0) is 4.79 Å². The fourth-order valence-corrected chi connectivity index (χ4v) is 2.19. The highest BCUT2D eigenvalue weighted by Crippen LogP contribution is 2.20. The SMILES string of the molecule is CN1CCCN(c2cccnc2C(N)=S)CC1=O. The number of nitrogens with zero attached hydrogens (tertiary/aromatic N) is 3. The maximum Gasteiger partial charge on any atom is 0.241 e. The van der Waals surface area contributed by atoms with E-state index in [4.69, 9.17) is 18.0 Å². The molecule has 18 heavy (non-hydrogen) atoms. The Bertz CT molecular complexity index is 477. The molecule has 1 aromatic rings. The molecule has 0 bridgehead atoms. The second-order valence-corrected chi connectivity index (χ2v) is 4.77. The molecule has 0 aliphatic carbocycles. The van der Waals surface area contributed by atoms with Gasteiger partial charge in [0.25, 0.3) is 0 Å². The van der Waals surface area contributed by atoms with Gasteiger partial charge < -0.3 is 15.5 Å². The van der Waals surface area contributed by atoms with Crippen LogP contribution in [0.2, 0.25) is 0 Å². The number of likely N-dealkylation sites (N-methyl/N-ethyl adjacent to an activating group) is 1. The molecule has 0 unspecified atom stereocenters.